The van der Waals surface area contributed by atoms with Crippen LogP contribution in [0.2, 0.25) is 0 Å². The Bertz CT molecular complexity index is 577. The second-order valence-corrected chi connectivity index (χ2v) is 5.20. The highest BCUT2D eigenvalue weighted by Crippen LogP contribution is 2.24. The van der Waals surface area contributed by atoms with E-state index >= 15 is 0 Å². The maximum atomic E-state index is 8.99. The third-order valence-electron chi connectivity index (χ3n) is 3.80. The summed E-state index contributed by atoms with van der Waals surface area (Å²) in [6.45, 7) is 4.75. The first-order valence-corrected chi connectivity index (χ1v) is 7.10. The van der Waals surface area contributed by atoms with Gasteiger partial charge in [-0.2, -0.15) is 0 Å². The molecule has 21 heavy (non-hydrogen) atoms. The highest BCUT2D eigenvalue weighted by Gasteiger charge is 2.17. The summed E-state index contributed by atoms with van der Waals surface area (Å²) in [7, 11) is 0. The maximum Gasteiger partial charge on any atom is 0.123 e. The van der Waals surface area contributed by atoms with Gasteiger partial charge in [0.15, 0.2) is 0 Å². The van der Waals surface area contributed by atoms with E-state index in [1.807, 2.05) is 16.7 Å². The van der Waals surface area contributed by atoms with Crippen molar-refractivity contribution in [1.29, 1.82) is 0 Å². The SMILES string of the molecule is Nc1cc(N2CCN(CCO)CC2)cc(-n2cnnc2)c1. The number of β-amino-alcohol motifs (C(OH)–C–C–N with tert-alkyl or cyclic N) is 1. The number of nitrogens with zero attached hydrogens (tertiary/aromatic N) is 5. The van der Waals surface area contributed by atoms with Gasteiger partial charge < -0.3 is 15.7 Å². The summed E-state index contributed by atoms with van der Waals surface area (Å²) in [5, 5.41) is 16.7. The van der Waals surface area contributed by atoms with E-state index in [-0.39, 0.29) is 6.61 Å². The van der Waals surface area contributed by atoms with Crippen LogP contribution in [0.15, 0.2) is 30.9 Å². The highest BCUT2D eigenvalue weighted by molar-refractivity contribution is 5.62. The summed E-state index contributed by atoms with van der Waals surface area (Å²) < 4.78 is 1.85. The van der Waals surface area contributed by atoms with Crippen LogP contribution >= 0.6 is 0 Å². The quantitative estimate of drug-likeness (QED) is 0.768. The highest BCUT2D eigenvalue weighted by atomic mass is 16.3. The topological polar surface area (TPSA) is 83.4 Å². The van der Waals surface area contributed by atoms with Gasteiger partial charge in [0.1, 0.15) is 12.7 Å². The number of hydrogen-bond donors (Lipinski definition) is 2. The number of aliphatic hydroxyl groups excluding tert-OH is 1. The van der Waals surface area contributed by atoms with Gasteiger partial charge >= 0.3 is 0 Å². The van der Waals surface area contributed by atoms with Crippen LogP contribution in [-0.4, -0.2) is 64.1 Å². The molecule has 7 heteroatoms. The van der Waals surface area contributed by atoms with Gasteiger partial charge in [-0.3, -0.25) is 9.47 Å². The van der Waals surface area contributed by atoms with Crippen LogP contribution in [0.25, 0.3) is 5.69 Å². The number of nitrogens with two attached hydrogens (primary N) is 1. The lowest BCUT2D eigenvalue weighted by atomic mass is 10.2. The molecule has 0 aliphatic carbocycles. The molecule has 1 saturated heterocycles. The van der Waals surface area contributed by atoms with Gasteiger partial charge in [-0.15, -0.1) is 10.2 Å². The molecule has 2 heterocycles. The summed E-state index contributed by atoms with van der Waals surface area (Å²) in [5.41, 5.74) is 8.83. The number of aromatic nitrogens is 3. The largest absolute Gasteiger partial charge is 0.399 e. The number of benzene rings is 1. The average Bonchev–Trinajstić information content (AvgIpc) is 3.02. The molecule has 3 N–H and O–H groups in total. The fourth-order valence-corrected chi connectivity index (χ4v) is 2.65. The van der Waals surface area contributed by atoms with Gasteiger partial charge in [0, 0.05) is 44.1 Å². The second-order valence-electron chi connectivity index (χ2n) is 5.20. The smallest absolute Gasteiger partial charge is 0.123 e. The Kier molecular flexibility index (Phi) is 4.03. The first kappa shape index (κ1) is 13.8. The van der Waals surface area contributed by atoms with Crippen molar-refractivity contribution >= 4 is 11.4 Å². The lowest BCUT2D eigenvalue weighted by Gasteiger charge is -2.36. The molecule has 1 aliphatic heterocycles. The fourth-order valence-electron chi connectivity index (χ4n) is 2.65. The molecule has 1 aromatic carbocycles. The van der Waals surface area contributed by atoms with E-state index in [2.05, 4.69) is 26.1 Å². The third kappa shape index (κ3) is 3.14. The first-order chi connectivity index (χ1) is 10.3. The minimum Gasteiger partial charge on any atom is -0.399 e. The molecule has 0 spiro atoms. The number of aliphatic hydroxyl groups is 1. The van der Waals surface area contributed by atoms with E-state index in [0.29, 0.717) is 0 Å². The van der Waals surface area contributed by atoms with E-state index in [1.54, 1.807) is 12.7 Å². The lowest BCUT2D eigenvalue weighted by Crippen LogP contribution is -2.47. The van der Waals surface area contributed by atoms with Crippen LogP contribution < -0.4 is 10.6 Å². The Labute approximate surface area is 123 Å². The maximum absolute atomic E-state index is 8.99. The van der Waals surface area contributed by atoms with Crippen molar-refractivity contribution in [3.63, 3.8) is 0 Å². The van der Waals surface area contributed by atoms with Crippen molar-refractivity contribution in [2.45, 2.75) is 0 Å². The molecule has 1 fully saturated rings. The van der Waals surface area contributed by atoms with Crippen LogP contribution in [-0.2, 0) is 0 Å². The monoisotopic (exact) mass is 288 g/mol. The Hall–Kier alpha value is -2.12. The van der Waals surface area contributed by atoms with Gasteiger partial charge in [-0.05, 0) is 18.2 Å². The molecule has 2 aromatic rings. The Balaban J connectivity index is 1.77. The molecular formula is C14H20N6O. The zero-order valence-corrected chi connectivity index (χ0v) is 11.9. The van der Waals surface area contributed by atoms with Gasteiger partial charge in [-0.25, -0.2) is 0 Å². The van der Waals surface area contributed by atoms with Crippen LogP contribution in [0.5, 0.6) is 0 Å². The molecule has 0 bridgehead atoms. The van der Waals surface area contributed by atoms with Crippen molar-refractivity contribution in [2.75, 3.05) is 50.0 Å². The molecule has 1 aliphatic rings. The summed E-state index contributed by atoms with van der Waals surface area (Å²) in [4.78, 5) is 4.58. The minimum absolute atomic E-state index is 0.218. The molecule has 1 aromatic heterocycles. The van der Waals surface area contributed by atoms with Gasteiger partial charge in [0.2, 0.25) is 0 Å². The molecule has 7 nitrogen and oxygen atoms in total. The van der Waals surface area contributed by atoms with Crippen LogP contribution in [0, 0.1) is 0 Å². The minimum atomic E-state index is 0.218. The van der Waals surface area contributed by atoms with E-state index in [0.717, 1.165) is 49.8 Å². The van der Waals surface area contributed by atoms with E-state index in [4.69, 9.17) is 10.8 Å². The molecule has 0 amide bonds. The Morgan fingerprint density at radius 2 is 1.67 bits per heavy atom. The Morgan fingerprint density at radius 1 is 1.00 bits per heavy atom. The number of piperazine rings is 1. The number of nitrogen functional groups attached to an aromatic ring is 1. The third-order valence-corrected chi connectivity index (χ3v) is 3.80. The fraction of sp³-hybridized carbons (Fsp3) is 0.429. The summed E-state index contributed by atoms with van der Waals surface area (Å²) >= 11 is 0. The lowest BCUT2D eigenvalue weighted by molar-refractivity contribution is 0.189. The summed E-state index contributed by atoms with van der Waals surface area (Å²) in [6.07, 6.45) is 3.33. The molecule has 0 unspecified atom stereocenters. The zero-order valence-electron chi connectivity index (χ0n) is 11.9. The molecule has 112 valence electrons. The van der Waals surface area contributed by atoms with Crippen molar-refractivity contribution in [1.82, 2.24) is 19.7 Å². The van der Waals surface area contributed by atoms with Crippen LogP contribution in [0.4, 0.5) is 11.4 Å². The Morgan fingerprint density at radius 3 is 2.33 bits per heavy atom. The molecule has 0 atom stereocenters. The normalized spacial score (nSPS) is 16.3. The number of hydrogen-bond acceptors (Lipinski definition) is 6. The molecular weight excluding hydrogens is 268 g/mol. The summed E-state index contributed by atoms with van der Waals surface area (Å²) in [5.74, 6) is 0. The van der Waals surface area contributed by atoms with Crippen molar-refractivity contribution < 1.29 is 5.11 Å². The second kappa shape index (κ2) is 6.11. The van der Waals surface area contributed by atoms with E-state index in [9.17, 15) is 0 Å². The standard InChI is InChI=1S/C14H20N6O/c15-12-7-13(9-14(8-12)20-10-16-17-11-20)19-3-1-18(2-4-19)5-6-21/h7-11,21H,1-6,15H2. The first-order valence-electron chi connectivity index (χ1n) is 7.10. The van der Waals surface area contributed by atoms with E-state index < -0.39 is 0 Å². The van der Waals surface area contributed by atoms with Crippen molar-refractivity contribution in [3.05, 3.63) is 30.9 Å². The predicted octanol–water partition coefficient (Wildman–Crippen LogP) is -0.0362. The molecule has 0 saturated carbocycles. The van der Waals surface area contributed by atoms with Crippen molar-refractivity contribution in [2.24, 2.45) is 0 Å². The van der Waals surface area contributed by atoms with Crippen LogP contribution in [0.1, 0.15) is 0 Å². The van der Waals surface area contributed by atoms with Gasteiger partial charge in [0.25, 0.3) is 0 Å². The molecule has 3 rings (SSSR count). The number of rotatable bonds is 4. The van der Waals surface area contributed by atoms with Gasteiger partial charge in [-0.1, -0.05) is 0 Å². The van der Waals surface area contributed by atoms with Crippen LogP contribution in [0.3, 0.4) is 0 Å². The zero-order chi connectivity index (χ0) is 14.7. The van der Waals surface area contributed by atoms with Gasteiger partial charge in [0.05, 0.1) is 12.3 Å². The van der Waals surface area contributed by atoms with Crippen molar-refractivity contribution in [3.8, 4) is 5.69 Å². The predicted molar refractivity (Wildman–Crippen MR) is 81.5 cm³/mol. The molecule has 0 radical (unpaired) electrons. The number of anilines is 2. The average molecular weight is 288 g/mol. The van der Waals surface area contributed by atoms with E-state index in [1.165, 1.54) is 0 Å². The summed E-state index contributed by atoms with van der Waals surface area (Å²) in [6, 6.07) is 6.01.